The minimum Gasteiger partial charge on any atom is -0.379 e. The zero-order valence-electron chi connectivity index (χ0n) is 13.6. The first-order chi connectivity index (χ1) is 11.6. The number of carbonyl (C=O) groups excluding carboxylic acids is 2. The third-order valence-electron chi connectivity index (χ3n) is 4.23. The Morgan fingerprint density at radius 2 is 1.83 bits per heavy atom. The predicted octanol–water partition coefficient (Wildman–Crippen LogP) is 2.82. The fourth-order valence-electron chi connectivity index (χ4n) is 2.78. The molecule has 0 spiro atoms. The fraction of sp³-hybridized carbons (Fsp3) is 0.263. The summed E-state index contributed by atoms with van der Waals surface area (Å²) in [5.74, 6) is -0.243. The third-order valence-corrected chi connectivity index (χ3v) is 4.23. The summed E-state index contributed by atoms with van der Waals surface area (Å²) in [6.45, 7) is 2.76. The SMILES string of the molecule is Cc1ccccc1CNc1ccccc1NC(=O)[C@H]1CCC(=O)N1. The topological polar surface area (TPSA) is 70.2 Å². The monoisotopic (exact) mass is 323 g/mol. The molecule has 3 rings (SSSR count). The minimum absolute atomic E-state index is 0.0684. The van der Waals surface area contributed by atoms with E-state index in [2.05, 4.69) is 35.0 Å². The van der Waals surface area contributed by atoms with Gasteiger partial charge in [-0.2, -0.15) is 0 Å². The number of carbonyl (C=O) groups is 2. The van der Waals surface area contributed by atoms with E-state index in [0.717, 1.165) is 11.4 Å². The first kappa shape index (κ1) is 16.1. The van der Waals surface area contributed by atoms with Gasteiger partial charge in [0, 0.05) is 13.0 Å². The quantitative estimate of drug-likeness (QED) is 0.792. The molecular weight excluding hydrogens is 302 g/mol. The van der Waals surface area contributed by atoms with E-state index in [1.807, 2.05) is 36.4 Å². The number of nitrogens with one attached hydrogen (secondary N) is 3. The van der Waals surface area contributed by atoms with E-state index in [1.165, 1.54) is 11.1 Å². The van der Waals surface area contributed by atoms with Crippen molar-refractivity contribution in [2.24, 2.45) is 0 Å². The van der Waals surface area contributed by atoms with Crippen LogP contribution in [0.4, 0.5) is 11.4 Å². The Balaban J connectivity index is 1.68. The van der Waals surface area contributed by atoms with Gasteiger partial charge in [0.15, 0.2) is 0 Å². The van der Waals surface area contributed by atoms with Crippen LogP contribution in [-0.4, -0.2) is 17.9 Å². The van der Waals surface area contributed by atoms with Crippen molar-refractivity contribution >= 4 is 23.2 Å². The highest BCUT2D eigenvalue weighted by Gasteiger charge is 2.27. The van der Waals surface area contributed by atoms with Gasteiger partial charge >= 0.3 is 0 Å². The number of amides is 2. The Morgan fingerprint density at radius 3 is 2.54 bits per heavy atom. The van der Waals surface area contributed by atoms with E-state index in [0.29, 0.717) is 19.4 Å². The molecule has 1 heterocycles. The molecule has 0 aliphatic carbocycles. The highest BCUT2D eigenvalue weighted by Crippen LogP contribution is 2.23. The van der Waals surface area contributed by atoms with Crippen molar-refractivity contribution in [2.75, 3.05) is 10.6 Å². The molecule has 24 heavy (non-hydrogen) atoms. The molecule has 5 heteroatoms. The number of aryl methyl sites for hydroxylation is 1. The van der Waals surface area contributed by atoms with Crippen LogP contribution in [0.15, 0.2) is 48.5 Å². The normalized spacial score (nSPS) is 16.5. The Hall–Kier alpha value is -2.82. The second kappa shape index (κ2) is 7.17. The number of anilines is 2. The van der Waals surface area contributed by atoms with Gasteiger partial charge in [0.1, 0.15) is 6.04 Å². The van der Waals surface area contributed by atoms with Gasteiger partial charge in [-0.1, -0.05) is 36.4 Å². The van der Waals surface area contributed by atoms with Crippen LogP contribution in [0.25, 0.3) is 0 Å². The molecule has 5 nitrogen and oxygen atoms in total. The van der Waals surface area contributed by atoms with Crippen LogP contribution in [0, 0.1) is 6.92 Å². The van der Waals surface area contributed by atoms with Gasteiger partial charge in [0.05, 0.1) is 11.4 Å². The van der Waals surface area contributed by atoms with Gasteiger partial charge in [0.25, 0.3) is 0 Å². The van der Waals surface area contributed by atoms with E-state index < -0.39 is 6.04 Å². The number of benzene rings is 2. The smallest absolute Gasteiger partial charge is 0.247 e. The van der Waals surface area contributed by atoms with Crippen molar-refractivity contribution in [2.45, 2.75) is 32.4 Å². The Labute approximate surface area is 141 Å². The molecular formula is C19H21N3O2. The van der Waals surface area contributed by atoms with Crippen molar-refractivity contribution in [3.05, 3.63) is 59.7 Å². The second-order valence-corrected chi connectivity index (χ2v) is 5.97. The molecule has 0 bridgehead atoms. The lowest BCUT2D eigenvalue weighted by molar-refractivity contribution is -0.122. The van der Waals surface area contributed by atoms with Crippen molar-refractivity contribution < 1.29 is 9.59 Å². The second-order valence-electron chi connectivity index (χ2n) is 5.97. The summed E-state index contributed by atoms with van der Waals surface area (Å²) < 4.78 is 0. The maximum absolute atomic E-state index is 12.3. The Bertz CT molecular complexity index is 758. The van der Waals surface area contributed by atoms with E-state index in [9.17, 15) is 9.59 Å². The van der Waals surface area contributed by atoms with Gasteiger partial charge in [-0.05, 0) is 36.6 Å². The van der Waals surface area contributed by atoms with Crippen LogP contribution in [0.1, 0.15) is 24.0 Å². The van der Waals surface area contributed by atoms with E-state index in [1.54, 1.807) is 0 Å². The largest absolute Gasteiger partial charge is 0.379 e. The molecule has 0 radical (unpaired) electrons. The highest BCUT2D eigenvalue weighted by atomic mass is 16.2. The lowest BCUT2D eigenvalue weighted by Gasteiger charge is -2.16. The van der Waals surface area contributed by atoms with Gasteiger partial charge in [-0.25, -0.2) is 0 Å². The van der Waals surface area contributed by atoms with Crippen molar-refractivity contribution in [3.8, 4) is 0 Å². The first-order valence-corrected chi connectivity index (χ1v) is 8.11. The summed E-state index contributed by atoms with van der Waals surface area (Å²) in [5.41, 5.74) is 4.01. The molecule has 2 amide bonds. The lowest BCUT2D eigenvalue weighted by atomic mass is 10.1. The first-order valence-electron chi connectivity index (χ1n) is 8.11. The summed E-state index contributed by atoms with van der Waals surface area (Å²) in [4.78, 5) is 23.6. The molecule has 0 unspecified atom stereocenters. The van der Waals surface area contributed by atoms with Crippen LogP contribution in [0.3, 0.4) is 0 Å². The van der Waals surface area contributed by atoms with E-state index >= 15 is 0 Å². The van der Waals surface area contributed by atoms with Crippen LogP contribution in [-0.2, 0) is 16.1 Å². The van der Waals surface area contributed by atoms with Gasteiger partial charge in [0.2, 0.25) is 11.8 Å². The van der Waals surface area contributed by atoms with Crippen LogP contribution in [0.2, 0.25) is 0 Å². The molecule has 1 atom stereocenters. The summed E-state index contributed by atoms with van der Waals surface area (Å²) in [6, 6.07) is 15.3. The van der Waals surface area contributed by atoms with Gasteiger partial charge in [-0.15, -0.1) is 0 Å². The average Bonchev–Trinajstić information content (AvgIpc) is 3.02. The Morgan fingerprint density at radius 1 is 1.12 bits per heavy atom. The maximum Gasteiger partial charge on any atom is 0.247 e. The van der Waals surface area contributed by atoms with Crippen LogP contribution in [0.5, 0.6) is 0 Å². The molecule has 1 aliphatic heterocycles. The fourth-order valence-corrected chi connectivity index (χ4v) is 2.78. The van der Waals surface area contributed by atoms with Crippen molar-refractivity contribution in [3.63, 3.8) is 0 Å². The van der Waals surface area contributed by atoms with Crippen molar-refractivity contribution in [1.29, 1.82) is 0 Å². The van der Waals surface area contributed by atoms with Gasteiger partial charge < -0.3 is 16.0 Å². The summed E-state index contributed by atoms with van der Waals surface area (Å²) >= 11 is 0. The lowest BCUT2D eigenvalue weighted by Crippen LogP contribution is -2.37. The Kier molecular flexibility index (Phi) is 4.79. The zero-order valence-corrected chi connectivity index (χ0v) is 13.6. The van der Waals surface area contributed by atoms with E-state index in [-0.39, 0.29) is 11.8 Å². The highest BCUT2D eigenvalue weighted by molar-refractivity contribution is 6.00. The summed E-state index contributed by atoms with van der Waals surface area (Å²) in [6.07, 6.45) is 0.953. The average molecular weight is 323 g/mol. The van der Waals surface area contributed by atoms with Crippen molar-refractivity contribution in [1.82, 2.24) is 5.32 Å². The third kappa shape index (κ3) is 3.74. The number of hydrogen-bond acceptors (Lipinski definition) is 3. The number of para-hydroxylation sites is 2. The van der Waals surface area contributed by atoms with Crippen LogP contribution >= 0.6 is 0 Å². The molecule has 1 aliphatic rings. The zero-order chi connectivity index (χ0) is 16.9. The molecule has 2 aromatic carbocycles. The predicted molar refractivity (Wildman–Crippen MR) is 94.7 cm³/mol. The molecule has 124 valence electrons. The number of rotatable bonds is 5. The van der Waals surface area contributed by atoms with Gasteiger partial charge in [-0.3, -0.25) is 9.59 Å². The molecule has 2 aromatic rings. The molecule has 3 N–H and O–H groups in total. The number of hydrogen-bond donors (Lipinski definition) is 3. The molecule has 1 saturated heterocycles. The van der Waals surface area contributed by atoms with Crippen LogP contribution < -0.4 is 16.0 Å². The minimum atomic E-state index is -0.443. The molecule has 0 aromatic heterocycles. The van der Waals surface area contributed by atoms with E-state index in [4.69, 9.17) is 0 Å². The molecule has 1 fully saturated rings. The standard InChI is InChI=1S/C19H21N3O2/c1-13-6-2-3-7-14(13)12-20-15-8-4-5-9-16(15)22-19(24)17-10-11-18(23)21-17/h2-9,17,20H,10-12H2,1H3,(H,21,23)(H,22,24)/t17-/m1/s1. The summed E-state index contributed by atoms with van der Waals surface area (Å²) in [5, 5.41) is 8.97. The maximum atomic E-state index is 12.3. The summed E-state index contributed by atoms with van der Waals surface area (Å²) in [7, 11) is 0. The molecule has 0 saturated carbocycles.